The van der Waals surface area contributed by atoms with Crippen LogP contribution in [-0.2, 0) is 0 Å². The number of halogens is 2. The second-order valence-corrected chi connectivity index (χ2v) is 6.02. The first kappa shape index (κ1) is 14.5. The van der Waals surface area contributed by atoms with Gasteiger partial charge >= 0.3 is 0 Å². The molecule has 2 aromatic rings. The molecule has 2 aromatic carbocycles. The van der Waals surface area contributed by atoms with Gasteiger partial charge in [-0.1, -0.05) is 31.2 Å². The van der Waals surface area contributed by atoms with Crippen LogP contribution >= 0.6 is 15.9 Å². The highest BCUT2D eigenvalue weighted by Gasteiger charge is 2.28. The van der Waals surface area contributed by atoms with Crippen molar-refractivity contribution in [3.63, 3.8) is 0 Å². The molecule has 21 heavy (non-hydrogen) atoms. The summed E-state index contributed by atoms with van der Waals surface area (Å²) in [6.45, 7) is 3.00. The van der Waals surface area contributed by atoms with Crippen molar-refractivity contribution in [3.05, 3.63) is 63.9 Å². The maximum absolute atomic E-state index is 13.4. The highest BCUT2D eigenvalue weighted by Crippen LogP contribution is 2.41. The minimum Gasteiger partial charge on any atom is -0.485 e. The van der Waals surface area contributed by atoms with Crippen molar-refractivity contribution >= 4 is 15.9 Å². The summed E-state index contributed by atoms with van der Waals surface area (Å²) in [5.74, 6) is 0.651. The van der Waals surface area contributed by atoms with E-state index in [1.54, 1.807) is 12.1 Å². The number of hydrogen-bond acceptors (Lipinski definition) is 2. The summed E-state index contributed by atoms with van der Waals surface area (Å²) in [6, 6.07) is 13.4. The molecule has 2 atom stereocenters. The lowest BCUT2D eigenvalue weighted by atomic mass is 9.93. The van der Waals surface area contributed by atoms with Crippen LogP contribution in [0.3, 0.4) is 0 Å². The molecular formula is C17H17BrFNO. The summed E-state index contributed by atoms with van der Waals surface area (Å²) in [5, 5.41) is 3.50. The number of hydrogen-bond donors (Lipinski definition) is 1. The first-order valence-electron chi connectivity index (χ1n) is 7.13. The van der Waals surface area contributed by atoms with Crippen LogP contribution in [0.1, 0.15) is 36.6 Å². The summed E-state index contributed by atoms with van der Waals surface area (Å²) >= 11 is 3.24. The second-order valence-electron chi connectivity index (χ2n) is 5.16. The van der Waals surface area contributed by atoms with Crippen molar-refractivity contribution in [3.8, 4) is 5.75 Å². The van der Waals surface area contributed by atoms with Gasteiger partial charge in [0.1, 0.15) is 17.7 Å². The fraction of sp³-hybridized carbons (Fsp3) is 0.294. The van der Waals surface area contributed by atoms with E-state index in [0.717, 1.165) is 24.3 Å². The van der Waals surface area contributed by atoms with Crippen LogP contribution in [0.4, 0.5) is 4.39 Å². The Kier molecular flexibility index (Phi) is 4.27. The Morgan fingerprint density at radius 1 is 1.29 bits per heavy atom. The molecule has 1 heterocycles. The Hall–Kier alpha value is -1.39. The van der Waals surface area contributed by atoms with Crippen molar-refractivity contribution in [2.45, 2.75) is 25.5 Å². The van der Waals surface area contributed by atoms with E-state index in [4.69, 9.17) is 4.74 Å². The molecule has 0 saturated heterocycles. The molecule has 1 aliphatic rings. The second kappa shape index (κ2) is 6.16. The van der Waals surface area contributed by atoms with E-state index in [1.165, 1.54) is 11.6 Å². The fourth-order valence-corrected chi connectivity index (χ4v) is 3.17. The van der Waals surface area contributed by atoms with Crippen LogP contribution in [-0.4, -0.2) is 6.54 Å². The monoisotopic (exact) mass is 349 g/mol. The van der Waals surface area contributed by atoms with Crippen molar-refractivity contribution in [1.82, 2.24) is 5.32 Å². The molecule has 0 radical (unpaired) electrons. The predicted octanol–water partition coefficient (Wildman–Crippen LogP) is 4.76. The highest BCUT2D eigenvalue weighted by atomic mass is 79.9. The van der Waals surface area contributed by atoms with Gasteiger partial charge in [-0.2, -0.15) is 0 Å². The maximum Gasteiger partial charge on any atom is 0.137 e. The number of rotatable bonds is 3. The zero-order valence-corrected chi connectivity index (χ0v) is 13.4. The predicted molar refractivity (Wildman–Crippen MR) is 84.9 cm³/mol. The lowest BCUT2D eigenvalue weighted by molar-refractivity contribution is 0.152. The van der Waals surface area contributed by atoms with Crippen LogP contribution in [0.15, 0.2) is 46.9 Å². The summed E-state index contributed by atoms with van der Waals surface area (Å²) < 4.78 is 20.0. The third-order valence-corrected chi connectivity index (χ3v) is 4.39. The molecule has 0 amide bonds. The quantitative estimate of drug-likeness (QED) is 0.862. The molecule has 0 bridgehead atoms. The summed E-state index contributed by atoms with van der Waals surface area (Å²) in [7, 11) is 0. The average molecular weight is 350 g/mol. The van der Waals surface area contributed by atoms with Gasteiger partial charge in [0.05, 0.1) is 4.47 Å². The van der Waals surface area contributed by atoms with Gasteiger partial charge in [-0.15, -0.1) is 0 Å². The number of fused-ring (bicyclic) bond motifs is 1. The molecular weight excluding hydrogens is 333 g/mol. The lowest BCUT2D eigenvalue weighted by Crippen LogP contribution is -2.29. The summed E-state index contributed by atoms with van der Waals surface area (Å²) in [4.78, 5) is 0. The maximum atomic E-state index is 13.4. The van der Waals surface area contributed by atoms with Crippen molar-refractivity contribution in [2.75, 3.05) is 6.54 Å². The number of nitrogens with one attached hydrogen (secondary N) is 1. The molecule has 110 valence electrons. The van der Waals surface area contributed by atoms with E-state index in [2.05, 4.69) is 34.2 Å². The van der Waals surface area contributed by atoms with Crippen molar-refractivity contribution in [1.29, 1.82) is 0 Å². The minimum atomic E-state index is -0.252. The average Bonchev–Trinajstić information content (AvgIpc) is 2.50. The smallest absolute Gasteiger partial charge is 0.137 e. The molecule has 0 saturated carbocycles. The van der Waals surface area contributed by atoms with Crippen LogP contribution in [0.2, 0.25) is 0 Å². The first-order chi connectivity index (χ1) is 10.2. The molecule has 0 fully saturated rings. The first-order valence-corrected chi connectivity index (χ1v) is 7.92. The van der Waals surface area contributed by atoms with Gasteiger partial charge in [-0.05, 0) is 46.2 Å². The highest BCUT2D eigenvalue weighted by molar-refractivity contribution is 9.10. The van der Waals surface area contributed by atoms with Gasteiger partial charge in [-0.25, -0.2) is 4.39 Å². The van der Waals surface area contributed by atoms with Crippen molar-refractivity contribution < 1.29 is 9.13 Å². The van der Waals surface area contributed by atoms with E-state index >= 15 is 0 Å². The fourth-order valence-electron chi connectivity index (χ4n) is 2.77. The Morgan fingerprint density at radius 3 is 2.86 bits per heavy atom. The number of para-hydroxylation sites is 1. The van der Waals surface area contributed by atoms with Gasteiger partial charge in [-0.3, -0.25) is 0 Å². The van der Waals surface area contributed by atoms with Gasteiger partial charge in [0.15, 0.2) is 0 Å². The molecule has 1 aliphatic heterocycles. The third-order valence-electron chi connectivity index (χ3n) is 3.78. The Labute approximate surface area is 132 Å². The summed E-state index contributed by atoms with van der Waals surface area (Å²) in [6.07, 6.45) is 0.768. The number of benzene rings is 2. The van der Waals surface area contributed by atoms with Gasteiger partial charge in [0.2, 0.25) is 0 Å². The standard InChI is InChI=1S/C17H17BrFNO/c1-2-20-15-10-17(11-7-8-14(19)13(18)9-11)21-16-6-4-3-5-12(15)16/h3-9,15,17,20H,2,10H2,1H3. The van der Waals surface area contributed by atoms with Crippen LogP contribution in [0.25, 0.3) is 0 Å². The SMILES string of the molecule is CCNC1CC(c2ccc(F)c(Br)c2)Oc2ccccc21. The topological polar surface area (TPSA) is 21.3 Å². The van der Waals surface area contributed by atoms with E-state index in [9.17, 15) is 4.39 Å². The normalized spacial score (nSPS) is 20.7. The molecule has 0 aromatic heterocycles. The molecule has 3 rings (SSSR count). The van der Waals surface area contributed by atoms with E-state index in [0.29, 0.717) is 4.47 Å². The van der Waals surface area contributed by atoms with E-state index in [-0.39, 0.29) is 18.0 Å². The molecule has 0 aliphatic carbocycles. The van der Waals surface area contributed by atoms with E-state index < -0.39 is 0 Å². The van der Waals surface area contributed by atoms with Gasteiger partial charge < -0.3 is 10.1 Å². The Morgan fingerprint density at radius 2 is 2.10 bits per heavy atom. The molecule has 4 heteroatoms. The third kappa shape index (κ3) is 2.97. The van der Waals surface area contributed by atoms with Crippen molar-refractivity contribution in [2.24, 2.45) is 0 Å². The number of ether oxygens (including phenoxy) is 1. The Balaban J connectivity index is 1.93. The zero-order valence-electron chi connectivity index (χ0n) is 11.8. The molecule has 2 unspecified atom stereocenters. The van der Waals surface area contributed by atoms with E-state index in [1.807, 2.05) is 18.2 Å². The molecule has 1 N–H and O–H groups in total. The van der Waals surface area contributed by atoms with Crippen LogP contribution in [0.5, 0.6) is 5.75 Å². The van der Waals surface area contributed by atoms with Gasteiger partial charge in [0, 0.05) is 18.0 Å². The zero-order chi connectivity index (χ0) is 14.8. The summed E-state index contributed by atoms with van der Waals surface area (Å²) in [5.41, 5.74) is 2.18. The van der Waals surface area contributed by atoms with Crippen LogP contribution < -0.4 is 10.1 Å². The Bertz CT molecular complexity index is 646. The minimum absolute atomic E-state index is 0.0687. The van der Waals surface area contributed by atoms with Crippen LogP contribution in [0, 0.1) is 5.82 Å². The van der Waals surface area contributed by atoms with Gasteiger partial charge in [0.25, 0.3) is 0 Å². The largest absolute Gasteiger partial charge is 0.485 e. The molecule has 2 nitrogen and oxygen atoms in total. The molecule has 0 spiro atoms. The lowest BCUT2D eigenvalue weighted by Gasteiger charge is -2.33.